The van der Waals surface area contributed by atoms with E-state index in [9.17, 15) is 14.4 Å². The van der Waals surface area contributed by atoms with Gasteiger partial charge < -0.3 is 20.1 Å². The van der Waals surface area contributed by atoms with Crippen LogP contribution >= 0.6 is 0 Å². The second-order valence-corrected chi connectivity index (χ2v) is 9.20. The maximum atomic E-state index is 13.0. The molecule has 1 aliphatic carbocycles. The van der Waals surface area contributed by atoms with Gasteiger partial charge in [-0.3, -0.25) is 9.59 Å². The number of alkyl carbamates (subject to hydrolysis) is 1. The molecule has 2 amide bonds. The van der Waals surface area contributed by atoms with E-state index >= 15 is 0 Å². The lowest BCUT2D eigenvalue weighted by Gasteiger charge is -2.34. The minimum Gasteiger partial charge on any atom is -0.481 e. The number of hydrogen-bond acceptors (Lipinski definition) is 4. The fourth-order valence-corrected chi connectivity index (χ4v) is 5.20. The number of carboxylic acids is 1. The molecule has 2 aromatic rings. The lowest BCUT2D eigenvalue weighted by Crippen LogP contribution is -2.46. The molecular weight excluding hydrogens is 432 g/mol. The number of hydrogen-bond donors (Lipinski definition) is 2. The molecule has 0 radical (unpaired) electrons. The summed E-state index contributed by atoms with van der Waals surface area (Å²) in [6.07, 6.45) is 1.77. The number of ether oxygens (including phenoxy) is 1. The fourth-order valence-electron chi connectivity index (χ4n) is 5.20. The number of benzene rings is 2. The molecule has 180 valence electrons. The number of fused-ring (bicyclic) bond motifs is 3. The fraction of sp³-hybridized carbons (Fsp3) is 0.444. The predicted molar refractivity (Wildman–Crippen MR) is 128 cm³/mol. The van der Waals surface area contributed by atoms with Gasteiger partial charge in [-0.05, 0) is 47.4 Å². The van der Waals surface area contributed by atoms with Gasteiger partial charge in [-0.1, -0.05) is 55.5 Å². The van der Waals surface area contributed by atoms with E-state index in [0.717, 1.165) is 24.0 Å². The quantitative estimate of drug-likeness (QED) is 0.608. The summed E-state index contributed by atoms with van der Waals surface area (Å²) in [5.41, 5.74) is 4.65. The summed E-state index contributed by atoms with van der Waals surface area (Å²) in [7, 11) is 0. The Hall–Kier alpha value is -3.35. The average molecular weight is 465 g/mol. The van der Waals surface area contributed by atoms with Crippen LogP contribution in [0, 0.1) is 11.8 Å². The first-order chi connectivity index (χ1) is 16.5. The Morgan fingerprint density at radius 2 is 1.74 bits per heavy atom. The minimum atomic E-state index is -0.830. The molecule has 1 heterocycles. The molecule has 34 heavy (non-hydrogen) atoms. The van der Waals surface area contributed by atoms with Gasteiger partial charge in [0, 0.05) is 32.0 Å². The first-order valence-corrected chi connectivity index (χ1v) is 12.1. The maximum Gasteiger partial charge on any atom is 0.407 e. The number of aliphatic carboxylic acids is 1. The van der Waals surface area contributed by atoms with Crippen molar-refractivity contribution < 1.29 is 24.2 Å². The number of carboxylic acid groups (broad SMARTS) is 1. The van der Waals surface area contributed by atoms with E-state index in [4.69, 9.17) is 9.84 Å². The molecule has 2 unspecified atom stereocenters. The third kappa shape index (κ3) is 5.24. The lowest BCUT2D eigenvalue weighted by atomic mass is 9.93. The van der Waals surface area contributed by atoms with Gasteiger partial charge in [-0.25, -0.2) is 4.79 Å². The van der Waals surface area contributed by atoms with Gasteiger partial charge in [0.15, 0.2) is 0 Å². The molecule has 2 aromatic carbocycles. The third-order valence-corrected chi connectivity index (χ3v) is 6.97. The highest BCUT2D eigenvalue weighted by Gasteiger charge is 2.31. The number of likely N-dealkylation sites (tertiary alicyclic amines) is 1. The first kappa shape index (κ1) is 23.8. The van der Waals surface area contributed by atoms with Crippen LogP contribution in [0.15, 0.2) is 48.5 Å². The van der Waals surface area contributed by atoms with Gasteiger partial charge >= 0.3 is 12.1 Å². The zero-order chi connectivity index (χ0) is 24.1. The van der Waals surface area contributed by atoms with Crippen LogP contribution in [0.25, 0.3) is 11.1 Å². The highest BCUT2D eigenvalue weighted by atomic mass is 16.5. The summed E-state index contributed by atoms with van der Waals surface area (Å²) < 4.78 is 5.58. The SMILES string of the molecule is CCC(CNC(=O)OCC1c2ccccc2-c2ccccc21)C(=O)N1CCCC(CC(=O)O)C1. The number of amides is 2. The third-order valence-electron chi connectivity index (χ3n) is 6.97. The zero-order valence-corrected chi connectivity index (χ0v) is 19.5. The van der Waals surface area contributed by atoms with Crippen LogP contribution in [0.5, 0.6) is 0 Å². The van der Waals surface area contributed by atoms with Gasteiger partial charge in [0.2, 0.25) is 5.91 Å². The van der Waals surface area contributed by atoms with Crippen molar-refractivity contribution in [2.24, 2.45) is 11.8 Å². The van der Waals surface area contributed by atoms with Crippen molar-refractivity contribution >= 4 is 18.0 Å². The molecule has 2 aliphatic rings. The Kier molecular flexibility index (Phi) is 7.50. The van der Waals surface area contributed by atoms with E-state index in [2.05, 4.69) is 29.6 Å². The monoisotopic (exact) mass is 464 g/mol. The molecule has 1 saturated heterocycles. The number of nitrogens with one attached hydrogen (secondary N) is 1. The number of piperidine rings is 1. The first-order valence-electron chi connectivity index (χ1n) is 12.1. The standard InChI is InChI=1S/C27H32N2O5/c1-2-19(26(32)29-13-7-8-18(16-29)14-25(30)31)15-28-27(33)34-17-24-22-11-5-3-9-20(22)21-10-4-6-12-23(21)24/h3-6,9-12,18-19,24H,2,7-8,13-17H2,1H3,(H,28,33)(H,30,31). The highest BCUT2D eigenvalue weighted by molar-refractivity contribution is 5.80. The van der Waals surface area contributed by atoms with Gasteiger partial charge in [0.1, 0.15) is 6.61 Å². The number of carbonyl (C=O) groups is 3. The van der Waals surface area contributed by atoms with Gasteiger partial charge in [-0.15, -0.1) is 0 Å². The van der Waals surface area contributed by atoms with Crippen molar-refractivity contribution in [2.45, 2.75) is 38.5 Å². The lowest BCUT2D eigenvalue weighted by molar-refractivity contribution is -0.142. The van der Waals surface area contributed by atoms with Crippen molar-refractivity contribution in [2.75, 3.05) is 26.2 Å². The average Bonchev–Trinajstić information content (AvgIpc) is 3.16. The van der Waals surface area contributed by atoms with Crippen LogP contribution in [0.2, 0.25) is 0 Å². The topological polar surface area (TPSA) is 95.9 Å². The number of carbonyl (C=O) groups excluding carboxylic acids is 2. The van der Waals surface area contributed by atoms with Gasteiger partial charge in [0.25, 0.3) is 0 Å². The highest BCUT2D eigenvalue weighted by Crippen LogP contribution is 2.44. The molecule has 0 spiro atoms. The summed E-state index contributed by atoms with van der Waals surface area (Å²) in [6.45, 7) is 3.45. The summed E-state index contributed by atoms with van der Waals surface area (Å²) in [6, 6.07) is 16.3. The van der Waals surface area contributed by atoms with Crippen LogP contribution < -0.4 is 5.32 Å². The smallest absolute Gasteiger partial charge is 0.407 e. The number of rotatable bonds is 8. The van der Waals surface area contributed by atoms with Crippen LogP contribution in [-0.2, 0) is 14.3 Å². The number of nitrogens with zero attached hydrogens (tertiary/aromatic N) is 1. The van der Waals surface area contributed by atoms with E-state index in [1.807, 2.05) is 31.2 Å². The van der Waals surface area contributed by atoms with Crippen molar-refractivity contribution in [1.82, 2.24) is 10.2 Å². The Balaban J connectivity index is 1.30. The normalized spacial score (nSPS) is 18.0. The largest absolute Gasteiger partial charge is 0.481 e. The Bertz CT molecular complexity index is 1010. The Morgan fingerprint density at radius 1 is 1.09 bits per heavy atom. The molecule has 7 heteroatoms. The molecular formula is C27H32N2O5. The molecule has 0 saturated carbocycles. The molecule has 2 atom stereocenters. The summed E-state index contributed by atoms with van der Waals surface area (Å²) >= 11 is 0. The zero-order valence-electron chi connectivity index (χ0n) is 19.5. The van der Waals surface area contributed by atoms with Crippen LogP contribution in [0.4, 0.5) is 4.79 Å². The summed E-state index contributed by atoms with van der Waals surface area (Å²) in [5, 5.41) is 11.8. The summed E-state index contributed by atoms with van der Waals surface area (Å²) in [4.78, 5) is 38.3. The van der Waals surface area contributed by atoms with E-state index in [0.29, 0.717) is 19.5 Å². The molecule has 0 aromatic heterocycles. The van der Waals surface area contributed by atoms with Crippen molar-refractivity contribution in [3.05, 3.63) is 59.7 Å². The van der Waals surface area contributed by atoms with Crippen LogP contribution in [0.3, 0.4) is 0 Å². The Morgan fingerprint density at radius 3 is 2.35 bits per heavy atom. The van der Waals surface area contributed by atoms with E-state index in [1.165, 1.54) is 11.1 Å². The molecule has 4 rings (SSSR count). The Labute approximate surface area is 200 Å². The van der Waals surface area contributed by atoms with Gasteiger partial charge in [-0.2, -0.15) is 0 Å². The molecule has 0 bridgehead atoms. The second kappa shape index (κ2) is 10.7. The van der Waals surface area contributed by atoms with Crippen molar-refractivity contribution in [3.8, 4) is 11.1 Å². The summed E-state index contributed by atoms with van der Waals surface area (Å²) in [5.74, 6) is -1.24. The molecule has 1 aliphatic heterocycles. The molecule has 2 N–H and O–H groups in total. The maximum absolute atomic E-state index is 13.0. The van der Waals surface area contributed by atoms with Crippen LogP contribution in [-0.4, -0.2) is 54.2 Å². The molecule has 1 fully saturated rings. The van der Waals surface area contributed by atoms with E-state index in [1.54, 1.807) is 4.90 Å². The van der Waals surface area contributed by atoms with E-state index in [-0.39, 0.29) is 43.2 Å². The second-order valence-electron chi connectivity index (χ2n) is 9.20. The van der Waals surface area contributed by atoms with E-state index < -0.39 is 12.1 Å². The predicted octanol–water partition coefficient (Wildman–Crippen LogP) is 4.26. The van der Waals surface area contributed by atoms with Crippen LogP contribution in [0.1, 0.15) is 49.7 Å². The van der Waals surface area contributed by atoms with Crippen molar-refractivity contribution in [1.29, 1.82) is 0 Å². The minimum absolute atomic E-state index is 0.0113. The molecule has 7 nitrogen and oxygen atoms in total. The van der Waals surface area contributed by atoms with Gasteiger partial charge in [0.05, 0.1) is 5.92 Å². The van der Waals surface area contributed by atoms with Crippen molar-refractivity contribution in [3.63, 3.8) is 0 Å².